The Balaban J connectivity index is 2.07. The topological polar surface area (TPSA) is 35.8 Å². The number of nitrogens with zero attached hydrogens (tertiary/aromatic N) is 1. The van der Waals surface area contributed by atoms with Gasteiger partial charge in [-0.1, -0.05) is 12.1 Å². The molecule has 1 aromatic carbocycles. The van der Waals surface area contributed by atoms with E-state index >= 15 is 0 Å². The molecule has 3 heteroatoms. The van der Waals surface area contributed by atoms with Crippen LogP contribution in [0.25, 0.3) is 0 Å². The predicted octanol–water partition coefficient (Wildman–Crippen LogP) is 4.03. The highest BCUT2D eigenvalue weighted by Gasteiger charge is 2.11. The standard InChI is InChI=1S/C15H16N2S/c1-11(14-5-3-4-13(8-14)9-16)17-12(2)15-6-7-18-10-15/h3-8,10-12,17H,1-2H3. The van der Waals surface area contributed by atoms with Gasteiger partial charge < -0.3 is 5.32 Å². The van der Waals surface area contributed by atoms with Crippen molar-refractivity contribution in [3.8, 4) is 6.07 Å². The Kier molecular flexibility index (Phi) is 4.14. The van der Waals surface area contributed by atoms with Crippen LogP contribution in [0.3, 0.4) is 0 Å². The van der Waals surface area contributed by atoms with Crippen molar-refractivity contribution >= 4 is 11.3 Å². The summed E-state index contributed by atoms with van der Waals surface area (Å²) < 4.78 is 0. The fraction of sp³-hybridized carbons (Fsp3) is 0.267. The number of rotatable bonds is 4. The molecule has 0 aliphatic carbocycles. The van der Waals surface area contributed by atoms with E-state index < -0.39 is 0 Å². The smallest absolute Gasteiger partial charge is 0.0991 e. The van der Waals surface area contributed by atoms with Gasteiger partial charge in [0.05, 0.1) is 11.6 Å². The highest BCUT2D eigenvalue weighted by Crippen LogP contribution is 2.21. The molecule has 2 aromatic rings. The molecule has 0 spiro atoms. The lowest BCUT2D eigenvalue weighted by molar-refractivity contribution is 0.495. The normalized spacial score (nSPS) is 13.8. The van der Waals surface area contributed by atoms with Crippen LogP contribution in [-0.4, -0.2) is 0 Å². The summed E-state index contributed by atoms with van der Waals surface area (Å²) in [6, 6.07) is 12.6. The lowest BCUT2D eigenvalue weighted by Gasteiger charge is -2.20. The van der Waals surface area contributed by atoms with Crippen molar-refractivity contribution in [2.75, 3.05) is 0 Å². The highest BCUT2D eigenvalue weighted by molar-refractivity contribution is 7.07. The second-order valence-corrected chi connectivity index (χ2v) is 5.18. The second-order valence-electron chi connectivity index (χ2n) is 4.40. The number of nitriles is 1. The number of benzene rings is 1. The first-order valence-electron chi connectivity index (χ1n) is 5.99. The van der Waals surface area contributed by atoms with Crippen molar-refractivity contribution in [3.63, 3.8) is 0 Å². The molecule has 0 saturated heterocycles. The lowest BCUT2D eigenvalue weighted by atomic mass is 10.0. The van der Waals surface area contributed by atoms with E-state index in [1.165, 1.54) is 5.56 Å². The maximum atomic E-state index is 8.91. The Morgan fingerprint density at radius 2 is 1.94 bits per heavy atom. The fourth-order valence-electron chi connectivity index (χ4n) is 1.97. The molecule has 0 saturated carbocycles. The molecule has 2 atom stereocenters. The quantitative estimate of drug-likeness (QED) is 0.896. The molecule has 0 amide bonds. The summed E-state index contributed by atoms with van der Waals surface area (Å²) in [4.78, 5) is 0. The predicted molar refractivity (Wildman–Crippen MR) is 75.4 cm³/mol. The zero-order chi connectivity index (χ0) is 13.0. The van der Waals surface area contributed by atoms with Gasteiger partial charge in [0, 0.05) is 12.1 Å². The van der Waals surface area contributed by atoms with Gasteiger partial charge >= 0.3 is 0 Å². The summed E-state index contributed by atoms with van der Waals surface area (Å²) in [6.07, 6.45) is 0. The van der Waals surface area contributed by atoms with Gasteiger partial charge in [0.1, 0.15) is 0 Å². The Morgan fingerprint density at radius 3 is 2.61 bits per heavy atom. The summed E-state index contributed by atoms with van der Waals surface area (Å²) >= 11 is 1.71. The summed E-state index contributed by atoms with van der Waals surface area (Å²) in [5.74, 6) is 0. The van der Waals surface area contributed by atoms with Crippen molar-refractivity contribution in [1.82, 2.24) is 5.32 Å². The first-order valence-corrected chi connectivity index (χ1v) is 6.93. The van der Waals surface area contributed by atoms with Gasteiger partial charge in [0.25, 0.3) is 0 Å². The molecule has 0 fully saturated rings. The third kappa shape index (κ3) is 2.98. The molecule has 0 aliphatic rings. The molecule has 1 heterocycles. The lowest BCUT2D eigenvalue weighted by Crippen LogP contribution is -2.22. The van der Waals surface area contributed by atoms with Crippen molar-refractivity contribution in [1.29, 1.82) is 5.26 Å². The van der Waals surface area contributed by atoms with Crippen LogP contribution in [0.15, 0.2) is 41.1 Å². The van der Waals surface area contributed by atoms with Crippen molar-refractivity contribution in [3.05, 3.63) is 57.8 Å². The van der Waals surface area contributed by atoms with Gasteiger partial charge in [-0.2, -0.15) is 16.6 Å². The van der Waals surface area contributed by atoms with Crippen LogP contribution in [0.4, 0.5) is 0 Å². The van der Waals surface area contributed by atoms with Crippen molar-refractivity contribution < 1.29 is 0 Å². The van der Waals surface area contributed by atoms with Gasteiger partial charge in [-0.25, -0.2) is 0 Å². The molecule has 18 heavy (non-hydrogen) atoms. The Labute approximate surface area is 112 Å². The summed E-state index contributed by atoms with van der Waals surface area (Å²) in [6.45, 7) is 4.28. The summed E-state index contributed by atoms with van der Waals surface area (Å²) in [7, 11) is 0. The average Bonchev–Trinajstić information content (AvgIpc) is 2.92. The van der Waals surface area contributed by atoms with Gasteiger partial charge in [-0.05, 0) is 53.9 Å². The number of hydrogen-bond acceptors (Lipinski definition) is 3. The van der Waals surface area contributed by atoms with E-state index in [9.17, 15) is 0 Å². The van der Waals surface area contributed by atoms with E-state index in [1.807, 2.05) is 18.2 Å². The fourth-order valence-corrected chi connectivity index (χ4v) is 2.72. The van der Waals surface area contributed by atoms with E-state index in [0.29, 0.717) is 11.6 Å². The molecule has 1 aromatic heterocycles. The highest BCUT2D eigenvalue weighted by atomic mass is 32.1. The number of thiophene rings is 1. The maximum absolute atomic E-state index is 8.91. The summed E-state index contributed by atoms with van der Waals surface area (Å²) in [5, 5.41) is 16.7. The van der Waals surface area contributed by atoms with Crippen LogP contribution in [0.2, 0.25) is 0 Å². The third-order valence-electron chi connectivity index (χ3n) is 3.06. The third-order valence-corrected chi connectivity index (χ3v) is 3.76. The molecule has 2 unspecified atom stereocenters. The number of nitrogens with one attached hydrogen (secondary N) is 1. The summed E-state index contributed by atoms with van der Waals surface area (Å²) in [5.41, 5.74) is 3.17. The minimum absolute atomic E-state index is 0.230. The van der Waals surface area contributed by atoms with E-state index in [2.05, 4.69) is 48.1 Å². The first-order chi connectivity index (χ1) is 8.70. The van der Waals surface area contributed by atoms with E-state index in [-0.39, 0.29) is 6.04 Å². The minimum Gasteiger partial charge on any atom is -0.304 e. The zero-order valence-electron chi connectivity index (χ0n) is 10.6. The Bertz CT molecular complexity index is 540. The monoisotopic (exact) mass is 256 g/mol. The van der Waals surface area contributed by atoms with Crippen LogP contribution in [-0.2, 0) is 0 Å². The number of hydrogen-bond donors (Lipinski definition) is 1. The van der Waals surface area contributed by atoms with E-state index in [1.54, 1.807) is 11.3 Å². The van der Waals surface area contributed by atoms with Crippen molar-refractivity contribution in [2.45, 2.75) is 25.9 Å². The molecule has 0 radical (unpaired) electrons. The van der Waals surface area contributed by atoms with Gasteiger partial charge in [0.2, 0.25) is 0 Å². The van der Waals surface area contributed by atoms with E-state index in [0.717, 1.165) is 5.56 Å². The zero-order valence-corrected chi connectivity index (χ0v) is 11.4. The van der Waals surface area contributed by atoms with Gasteiger partial charge in [-0.3, -0.25) is 0 Å². The molecule has 0 aliphatic heterocycles. The van der Waals surface area contributed by atoms with Crippen LogP contribution in [0.1, 0.15) is 42.6 Å². The Hall–Kier alpha value is -1.63. The molecule has 0 bridgehead atoms. The molecule has 2 rings (SSSR count). The van der Waals surface area contributed by atoms with Crippen LogP contribution >= 0.6 is 11.3 Å². The van der Waals surface area contributed by atoms with Crippen LogP contribution in [0.5, 0.6) is 0 Å². The molecule has 1 N–H and O–H groups in total. The van der Waals surface area contributed by atoms with Gasteiger partial charge in [-0.15, -0.1) is 0 Å². The first kappa shape index (κ1) is 12.8. The molecule has 2 nitrogen and oxygen atoms in total. The molecular formula is C15H16N2S. The largest absolute Gasteiger partial charge is 0.304 e. The maximum Gasteiger partial charge on any atom is 0.0991 e. The molecule has 92 valence electrons. The molecular weight excluding hydrogens is 240 g/mol. The van der Waals surface area contributed by atoms with Gasteiger partial charge in [0.15, 0.2) is 0 Å². The van der Waals surface area contributed by atoms with Crippen LogP contribution in [0, 0.1) is 11.3 Å². The Morgan fingerprint density at radius 1 is 1.17 bits per heavy atom. The minimum atomic E-state index is 0.230. The second kappa shape index (κ2) is 5.81. The SMILES string of the molecule is CC(NC(C)c1cccc(C#N)c1)c1ccsc1. The average molecular weight is 256 g/mol. The van der Waals surface area contributed by atoms with E-state index in [4.69, 9.17) is 5.26 Å². The van der Waals surface area contributed by atoms with Crippen molar-refractivity contribution in [2.24, 2.45) is 0 Å². The van der Waals surface area contributed by atoms with Crippen LogP contribution < -0.4 is 5.32 Å².